The van der Waals surface area contributed by atoms with Crippen LogP contribution in [0, 0.1) is 10.1 Å². The summed E-state index contributed by atoms with van der Waals surface area (Å²) in [5.41, 5.74) is 0.791. The van der Waals surface area contributed by atoms with Gasteiger partial charge in [0.25, 0.3) is 0 Å². The van der Waals surface area contributed by atoms with Crippen molar-refractivity contribution in [3.8, 4) is 11.6 Å². The standard InChI is InChI=1S/C16H19N5O3S/c1-3-20(4-2)9-8-17-16-14-11(7-10-25-14)18-15(19-16)12-5-6-13(24-12)21(22)23/h5-7,10H,3-4,8-9H2,1-2H3,(H,17,18,19). The molecule has 3 aromatic heterocycles. The van der Waals surface area contributed by atoms with Crippen LogP contribution < -0.4 is 5.32 Å². The molecule has 0 aliphatic rings. The van der Waals surface area contributed by atoms with Crippen LogP contribution >= 0.6 is 11.3 Å². The Balaban J connectivity index is 1.86. The molecule has 0 amide bonds. The Labute approximate surface area is 148 Å². The molecular weight excluding hydrogens is 342 g/mol. The van der Waals surface area contributed by atoms with Crippen LogP contribution in [-0.4, -0.2) is 46.0 Å². The lowest BCUT2D eigenvalue weighted by Gasteiger charge is -2.18. The van der Waals surface area contributed by atoms with Crippen LogP contribution in [0.4, 0.5) is 11.7 Å². The predicted octanol–water partition coefficient (Wildman–Crippen LogP) is 3.61. The number of furan rings is 1. The monoisotopic (exact) mass is 361 g/mol. The van der Waals surface area contributed by atoms with E-state index < -0.39 is 4.92 Å². The highest BCUT2D eigenvalue weighted by Gasteiger charge is 2.17. The van der Waals surface area contributed by atoms with Gasteiger partial charge in [0, 0.05) is 13.1 Å². The third kappa shape index (κ3) is 3.77. The van der Waals surface area contributed by atoms with Gasteiger partial charge in [-0.25, -0.2) is 9.97 Å². The molecule has 0 spiro atoms. The van der Waals surface area contributed by atoms with Crippen LogP contribution in [0.15, 0.2) is 28.0 Å². The first kappa shape index (κ1) is 17.3. The van der Waals surface area contributed by atoms with Crippen molar-refractivity contribution in [1.82, 2.24) is 14.9 Å². The maximum Gasteiger partial charge on any atom is 0.433 e. The van der Waals surface area contributed by atoms with Crippen molar-refractivity contribution in [1.29, 1.82) is 0 Å². The van der Waals surface area contributed by atoms with Gasteiger partial charge in [-0.05, 0) is 30.6 Å². The molecule has 0 atom stereocenters. The van der Waals surface area contributed by atoms with Crippen LogP contribution in [-0.2, 0) is 0 Å². The van der Waals surface area contributed by atoms with Crippen molar-refractivity contribution < 1.29 is 9.34 Å². The fourth-order valence-corrected chi connectivity index (χ4v) is 3.31. The van der Waals surface area contributed by atoms with Crippen molar-refractivity contribution in [3.05, 3.63) is 33.7 Å². The zero-order valence-corrected chi connectivity index (χ0v) is 14.9. The van der Waals surface area contributed by atoms with Crippen LogP contribution in [0.3, 0.4) is 0 Å². The van der Waals surface area contributed by atoms with E-state index in [4.69, 9.17) is 4.42 Å². The molecule has 9 heteroatoms. The third-order valence-electron chi connectivity index (χ3n) is 3.91. The van der Waals surface area contributed by atoms with Gasteiger partial charge >= 0.3 is 5.88 Å². The lowest BCUT2D eigenvalue weighted by atomic mass is 10.3. The molecule has 0 aliphatic carbocycles. The first-order chi connectivity index (χ1) is 12.1. The second-order valence-corrected chi connectivity index (χ2v) is 6.30. The Morgan fingerprint density at radius 2 is 2.08 bits per heavy atom. The van der Waals surface area contributed by atoms with E-state index in [0.717, 1.165) is 42.2 Å². The molecule has 0 aliphatic heterocycles. The van der Waals surface area contributed by atoms with Crippen molar-refractivity contribution >= 4 is 33.3 Å². The summed E-state index contributed by atoms with van der Waals surface area (Å²) in [6, 6.07) is 4.73. The number of anilines is 1. The highest BCUT2D eigenvalue weighted by atomic mass is 32.1. The minimum Gasteiger partial charge on any atom is -0.397 e. The molecule has 0 saturated heterocycles. The largest absolute Gasteiger partial charge is 0.433 e. The first-order valence-electron chi connectivity index (χ1n) is 8.08. The van der Waals surface area contributed by atoms with Gasteiger partial charge in [-0.1, -0.05) is 13.8 Å². The highest BCUT2D eigenvalue weighted by molar-refractivity contribution is 7.17. The fraction of sp³-hybridized carbons (Fsp3) is 0.375. The van der Waals surface area contributed by atoms with Crippen molar-refractivity contribution in [2.45, 2.75) is 13.8 Å². The number of nitrogens with one attached hydrogen (secondary N) is 1. The summed E-state index contributed by atoms with van der Waals surface area (Å²) in [6.45, 7) is 7.92. The SMILES string of the molecule is CCN(CC)CCNc1nc(-c2ccc([N+](=O)[O-])o2)nc2ccsc12. The Morgan fingerprint density at radius 3 is 2.76 bits per heavy atom. The van der Waals surface area contributed by atoms with Gasteiger partial charge in [-0.3, -0.25) is 10.1 Å². The number of nitro groups is 1. The highest BCUT2D eigenvalue weighted by Crippen LogP contribution is 2.30. The molecule has 3 aromatic rings. The molecule has 0 saturated carbocycles. The van der Waals surface area contributed by atoms with Gasteiger partial charge in [0.1, 0.15) is 10.7 Å². The minimum absolute atomic E-state index is 0.284. The van der Waals surface area contributed by atoms with Gasteiger partial charge in [-0.15, -0.1) is 11.3 Å². The summed E-state index contributed by atoms with van der Waals surface area (Å²) in [5, 5.41) is 16.1. The maximum absolute atomic E-state index is 10.8. The fourth-order valence-electron chi connectivity index (χ4n) is 2.51. The van der Waals surface area contributed by atoms with Gasteiger partial charge in [0.2, 0.25) is 0 Å². The molecule has 0 unspecified atom stereocenters. The van der Waals surface area contributed by atoms with E-state index in [1.54, 1.807) is 11.3 Å². The Morgan fingerprint density at radius 1 is 1.28 bits per heavy atom. The number of nitrogens with zero attached hydrogens (tertiary/aromatic N) is 4. The Kier molecular flexibility index (Phi) is 5.25. The summed E-state index contributed by atoms with van der Waals surface area (Å²) in [6.07, 6.45) is 0. The van der Waals surface area contributed by atoms with E-state index in [1.165, 1.54) is 12.1 Å². The number of fused-ring (bicyclic) bond motifs is 1. The predicted molar refractivity (Wildman–Crippen MR) is 98.0 cm³/mol. The lowest BCUT2D eigenvalue weighted by Crippen LogP contribution is -2.28. The number of thiophene rings is 1. The molecule has 8 nitrogen and oxygen atoms in total. The van der Waals surface area contributed by atoms with E-state index in [-0.39, 0.29) is 11.6 Å². The number of hydrogen-bond acceptors (Lipinski definition) is 8. The van der Waals surface area contributed by atoms with Crippen molar-refractivity contribution in [2.24, 2.45) is 0 Å². The van der Waals surface area contributed by atoms with Gasteiger partial charge in [0.15, 0.2) is 11.6 Å². The molecule has 0 bridgehead atoms. The summed E-state index contributed by atoms with van der Waals surface area (Å²) < 4.78 is 6.19. The Hall–Kier alpha value is -2.52. The van der Waals surface area contributed by atoms with Crippen LogP contribution in [0.25, 0.3) is 21.8 Å². The molecular formula is C16H19N5O3S. The van der Waals surface area contributed by atoms with Gasteiger partial charge in [-0.2, -0.15) is 0 Å². The van der Waals surface area contributed by atoms with Gasteiger partial charge < -0.3 is 14.6 Å². The van der Waals surface area contributed by atoms with E-state index in [2.05, 4.69) is 34.0 Å². The second-order valence-electron chi connectivity index (χ2n) is 5.38. The molecule has 1 N–H and O–H groups in total. The third-order valence-corrected chi connectivity index (χ3v) is 4.82. The average Bonchev–Trinajstić information content (AvgIpc) is 3.27. The van der Waals surface area contributed by atoms with E-state index in [9.17, 15) is 10.1 Å². The van der Waals surface area contributed by atoms with Crippen molar-refractivity contribution in [2.75, 3.05) is 31.5 Å². The zero-order valence-electron chi connectivity index (χ0n) is 14.1. The van der Waals surface area contributed by atoms with Crippen LogP contribution in [0.2, 0.25) is 0 Å². The number of likely N-dealkylation sites (N-methyl/N-ethyl adjacent to an activating group) is 1. The summed E-state index contributed by atoms with van der Waals surface area (Å²) in [5.74, 6) is 1.03. The van der Waals surface area contributed by atoms with Crippen LogP contribution in [0.5, 0.6) is 0 Å². The Bertz CT molecular complexity index is 872. The molecule has 0 radical (unpaired) electrons. The first-order valence-corrected chi connectivity index (χ1v) is 8.96. The molecule has 3 rings (SSSR count). The normalized spacial score (nSPS) is 11.3. The van der Waals surface area contributed by atoms with E-state index >= 15 is 0 Å². The lowest BCUT2D eigenvalue weighted by molar-refractivity contribution is -0.401. The summed E-state index contributed by atoms with van der Waals surface area (Å²) >= 11 is 1.56. The minimum atomic E-state index is -0.574. The van der Waals surface area contributed by atoms with Crippen LogP contribution in [0.1, 0.15) is 13.8 Å². The zero-order chi connectivity index (χ0) is 17.8. The summed E-state index contributed by atoms with van der Waals surface area (Å²) in [7, 11) is 0. The number of aromatic nitrogens is 2. The molecule has 0 fully saturated rings. The van der Waals surface area contributed by atoms with Crippen molar-refractivity contribution in [3.63, 3.8) is 0 Å². The topological polar surface area (TPSA) is 97.3 Å². The summed E-state index contributed by atoms with van der Waals surface area (Å²) in [4.78, 5) is 21.5. The number of hydrogen-bond donors (Lipinski definition) is 1. The smallest absolute Gasteiger partial charge is 0.397 e. The maximum atomic E-state index is 10.8. The van der Waals surface area contributed by atoms with Gasteiger partial charge in [0.05, 0.1) is 16.3 Å². The quantitative estimate of drug-likeness (QED) is 0.483. The second kappa shape index (κ2) is 7.58. The van der Waals surface area contributed by atoms with E-state index in [0.29, 0.717) is 5.82 Å². The molecule has 3 heterocycles. The average molecular weight is 361 g/mol. The molecule has 25 heavy (non-hydrogen) atoms. The van der Waals surface area contributed by atoms with E-state index in [1.807, 2.05) is 11.4 Å². The molecule has 0 aromatic carbocycles. The molecule has 132 valence electrons. The number of rotatable bonds is 8.